The molecule has 1 amide bonds. The van der Waals surface area contributed by atoms with Crippen LogP contribution in [-0.2, 0) is 4.79 Å². The molecule has 1 aliphatic rings. The van der Waals surface area contributed by atoms with Crippen LogP contribution in [0.25, 0.3) is 0 Å². The van der Waals surface area contributed by atoms with E-state index in [9.17, 15) is 9.18 Å². The zero-order valence-electron chi connectivity index (χ0n) is 9.74. The molecule has 1 saturated heterocycles. The van der Waals surface area contributed by atoms with E-state index in [0.717, 1.165) is 17.8 Å². The largest absolute Gasteiger partial charge is 0.360 e. The molecule has 1 aromatic rings. The van der Waals surface area contributed by atoms with Crippen molar-refractivity contribution in [1.29, 1.82) is 0 Å². The Morgan fingerprint density at radius 1 is 1.53 bits per heavy atom. The van der Waals surface area contributed by atoms with Crippen LogP contribution in [0.4, 0.5) is 10.1 Å². The van der Waals surface area contributed by atoms with Gasteiger partial charge in [-0.25, -0.2) is 4.39 Å². The van der Waals surface area contributed by atoms with E-state index in [0.29, 0.717) is 13.1 Å². The molecule has 1 aliphatic heterocycles. The van der Waals surface area contributed by atoms with Gasteiger partial charge in [-0.3, -0.25) is 4.79 Å². The van der Waals surface area contributed by atoms with Crippen LogP contribution in [0.1, 0.15) is 18.5 Å². The van der Waals surface area contributed by atoms with Gasteiger partial charge in [0.25, 0.3) is 0 Å². The Hall–Kier alpha value is -1.62. The van der Waals surface area contributed by atoms with E-state index in [1.807, 2.05) is 11.8 Å². The number of carbonyl (C=O) groups is 1. The summed E-state index contributed by atoms with van der Waals surface area (Å²) in [7, 11) is 0. The van der Waals surface area contributed by atoms with Crippen molar-refractivity contribution in [2.24, 2.45) is 5.73 Å². The van der Waals surface area contributed by atoms with Crippen molar-refractivity contribution in [1.82, 2.24) is 5.32 Å². The number of nitrogens with one attached hydrogen (secondary N) is 1. The zero-order valence-corrected chi connectivity index (χ0v) is 9.74. The lowest BCUT2D eigenvalue weighted by molar-refractivity contribution is -0.120. The zero-order chi connectivity index (χ0) is 12.4. The summed E-state index contributed by atoms with van der Waals surface area (Å²) in [6, 6.07) is 4.26. The van der Waals surface area contributed by atoms with Gasteiger partial charge in [0.2, 0.25) is 5.91 Å². The number of hydrogen-bond acceptors (Lipinski definition) is 3. The molecule has 3 N–H and O–H groups in total. The summed E-state index contributed by atoms with van der Waals surface area (Å²) in [6.07, 6.45) is 0. The van der Waals surface area contributed by atoms with Gasteiger partial charge >= 0.3 is 0 Å². The molecule has 5 heteroatoms. The lowest BCUT2D eigenvalue weighted by atomic mass is 10.0. The molecule has 1 atom stereocenters. The predicted octanol–water partition coefficient (Wildman–Crippen LogP) is 0.782. The van der Waals surface area contributed by atoms with Crippen LogP contribution >= 0.6 is 0 Å². The van der Waals surface area contributed by atoms with Gasteiger partial charge in [-0.05, 0) is 30.7 Å². The molecule has 0 bridgehead atoms. The second kappa shape index (κ2) is 4.71. The number of piperazine rings is 1. The Morgan fingerprint density at radius 2 is 2.29 bits per heavy atom. The van der Waals surface area contributed by atoms with Gasteiger partial charge in [-0.2, -0.15) is 0 Å². The number of benzene rings is 1. The van der Waals surface area contributed by atoms with Crippen molar-refractivity contribution in [2.75, 3.05) is 24.5 Å². The summed E-state index contributed by atoms with van der Waals surface area (Å²) in [5.41, 5.74) is 7.41. The van der Waals surface area contributed by atoms with Gasteiger partial charge in [0.1, 0.15) is 5.82 Å². The second-order valence-electron chi connectivity index (χ2n) is 4.26. The van der Waals surface area contributed by atoms with Crippen LogP contribution in [0.15, 0.2) is 18.2 Å². The average molecular weight is 237 g/mol. The lowest BCUT2D eigenvalue weighted by Gasteiger charge is -2.31. The lowest BCUT2D eigenvalue weighted by Crippen LogP contribution is -2.48. The van der Waals surface area contributed by atoms with Crippen molar-refractivity contribution in [2.45, 2.75) is 13.0 Å². The molecule has 0 spiro atoms. The molecule has 17 heavy (non-hydrogen) atoms. The van der Waals surface area contributed by atoms with Crippen LogP contribution in [-0.4, -0.2) is 25.5 Å². The van der Waals surface area contributed by atoms with Crippen LogP contribution in [0, 0.1) is 5.82 Å². The molecule has 0 aliphatic carbocycles. The van der Waals surface area contributed by atoms with Gasteiger partial charge < -0.3 is 16.0 Å². The number of rotatable bonds is 2. The topological polar surface area (TPSA) is 58.4 Å². The molecule has 1 unspecified atom stereocenters. The quantitative estimate of drug-likeness (QED) is 0.799. The highest BCUT2D eigenvalue weighted by Gasteiger charge is 2.20. The molecule has 1 fully saturated rings. The summed E-state index contributed by atoms with van der Waals surface area (Å²) < 4.78 is 13.2. The van der Waals surface area contributed by atoms with Crippen molar-refractivity contribution < 1.29 is 9.18 Å². The minimum absolute atomic E-state index is 0.0174. The highest BCUT2D eigenvalue weighted by atomic mass is 19.1. The summed E-state index contributed by atoms with van der Waals surface area (Å²) in [5, 5.41) is 2.76. The molecule has 2 rings (SSSR count). The fourth-order valence-electron chi connectivity index (χ4n) is 2.02. The number of hydrogen-bond donors (Lipinski definition) is 2. The maximum Gasteiger partial charge on any atom is 0.239 e. The highest BCUT2D eigenvalue weighted by Crippen LogP contribution is 2.26. The first-order valence-electron chi connectivity index (χ1n) is 5.64. The van der Waals surface area contributed by atoms with E-state index in [1.54, 1.807) is 6.07 Å². The van der Waals surface area contributed by atoms with Crippen molar-refractivity contribution in [3.05, 3.63) is 29.6 Å². The first-order valence-corrected chi connectivity index (χ1v) is 5.64. The van der Waals surface area contributed by atoms with Crippen molar-refractivity contribution in [3.63, 3.8) is 0 Å². The van der Waals surface area contributed by atoms with Crippen LogP contribution in [0.3, 0.4) is 0 Å². The van der Waals surface area contributed by atoms with E-state index < -0.39 is 0 Å². The standard InChI is InChI=1S/C12H16FN3O/c1-8(14)10-6-9(13)2-3-11(10)16-5-4-15-12(17)7-16/h2-3,6,8H,4-5,7,14H2,1H3,(H,15,17). The van der Waals surface area contributed by atoms with E-state index in [4.69, 9.17) is 5.73 Å². The first kappa shape index (κ1) is 11.9. The smallest absolute Gasteiger partial charge is 0.239 e. The average Bonchev–Trinajstić information content (AvgIpc) is 2.28. The Kier molecular flexibility index (Phi) is 3.28. The van der Waals surface area contributed by atoms with Crippen molar-refractivity contribution >= 4 is 11.6 Å². The van der Waals surface area contributed by atoms with Crippen LogP contribution in [0.5, 0.6) is 0 Å². The van der Waals surface area contributed by atoms with Gasteiger partial charge in [-0.15, -0.1) is 0 Å². The monoisotopic (exact) mass is 237 g/mol. The van der Waals surface area contributed by atoms with E-state index >= 15 is 0 Å². The Labute approximate surface area is 99.6 Å². The summed E-state index contributed by atoms with van der Waals surface area (Å²) in [5.74, 6) is -0.321. The minimum atomic E-state index is -0.303. The van der Waals surface area contributed by atoms with Gasteiger partial charge in [0.15, 0.2) is 0 Å². The van der Waals surface area contributed by atoms with Crippen LogP contribution in [0.2, 0.25) is 0 Å². The summed E-state index contributed by atoms with van der Waals surface area (Å²) >= 11 is 0. The Bertz CT molecular complexity index is 434. The number of anilines is 1. The molecule has 92 valence electrons. The van der Waals surface area contributed by atoms with Gasteiger partial charge in [-0.1, -0.05) is 0 Å². The maximum atomic E-state index is 13.2. The van der Waals surface area contributed by atoms with E-state index in [1.165, 1.54) is 12.1 Å². The number of carbonyl (C=O) groups excluding carboxylic acids is 1. The third-order valence-electron chi connectivity index (χ3n) is 2.86. The van der Waals surface area contributed by atoms with Gasteiger partial charge in [0.05, 0.1) is 6.54 Å². The Morgan fingerprint density at radius 3 is 2.94 bits per heavy atom. The number of nitrogens with zero attached hydrogens (tertiary/aromatic N) is 1. The predicted molar refractivity (Wildman–Crippen MR) is 64.2 cm³/mol. The minimum Gasteiger partial charge on any atom is -0.360 e. The molecule has 1 aromatic carbocycles. The SMILES string of the molecule is CC(N)c1cc(F)ccc1N1CCNC(=O)C1. The fourth-order valence-corrected chi connectivity index (χ4v) is 2.02. The number of nitrogens with two attached hydrogens (primary N) is 1. The second-order valence-corrected chi connectivity index (χ2v) is 4.26. The third-order valence-corrected chi connectivity index (χ3v) is 2.86. The molecule has 4 nitrogen and oxygen atoms in total. The van der Waals surface area contributed by atoms with Crippen molar-refractivity contribution in [3.8, 4) is 0 Å². The maximum absolute atomic E-state index is 13.2. The fraction of sp³-hybridized carbons (Fsp3) is 0.417. The molecular formula is C12H16FN3O. The summed E-state index contributed by atoms with van der Waals surface area (Å²) in [6.45, 7) is 3.43. The number of amides is 1. The normalized spacial score (nSPS) is 17.8. The van der Waals surface area contributed by atoms with E-state index in [2.05, 4.69) is 5.32 Å². The van der Waals surface area contributed by atoms with Gasteiger partial charge in [0, 0.05) is 24.8 Å². The molecule has 0 saturated carbocycles. The van der Waals surface area contributed by atoms with E-state index in [-0.39, 0.29) is 17.8 Å². The molecule has 0 aromatic heterocycles. The highest BCUT2D eigenvalue weighted by molar-refractivity contribution is 5.83. The molecular weight excluding hydrogens is 221 g/mol. The molecule has 1 heterocycles. The van der Waals surface area contributed by atoms with Crippen LogP contribution < -0.4 is 16.0 Å². The number of halogens is 1. The third kappa shape index (κ3) is 2.55. The summed E-state index contributed by atoms with van der Waals surface area (Å²) in [4.78, 5) is 13.3. The Balaban J connectivity index is 2.33. The first-order chi connectivity index (χ1) is 8.08. The molecule has 0 radical (unpaired) electrons.